The van der Waals surface area contributed by atoms with E-state index in [4.69, 9.17) is 4.98 Å². The maximum atomic E-state index is 12.3. The van der Waals surface area contributed by atoms with E-state index in [0.29, 0.717) is 25.3 Å². The minimum atomic E-state index is -0.0662. The summed E-state index contributed by atoms with van der Waals surface area (Å²) in [4.78, 5) is 39.2. The number of anilines is 1. The van der Waals surface area contributed by atoms with Gasteiger partial charge < -0.3 is 14.7 Å². The number of rotatable bonds is 6. The van der Waals surface area contributed by atoms with Crippen LogP contribution in [0, 0.1) is 5.92 Å². The highest BCUT2D eigenvalue weighted by Gasteiger charge is 2.33. The van der Waals surface area contributed by atoms with Gasteiger partial charge in [0.15, 0.2) is 0 Å². The minimum absolute atomic E-state index is 0.0624. The third-order valence-corrected chi connectivity index (χ3v) is 4.69. The molecule has 1 aromatic rings. The van der Waals surface area contributed by atoms with Crippen molar-refractivity contribution >= 4 is 17.6 Å². The normalized spacial score (nSPS) is 17.3. The predicted molar refractivity (Wildman–Crippen MR) is 102 cm³/mol. The quantitative estimate of drug-likeness (QED) is 0.774. The molecule has 0 aliphatic carbocycles. The molecule has 7 heteroatoms. The van der Waals surface area contributed by atoms with Crippen LogP contribution in [0.4, 0.5) is 5.82 Å². The summed E-state index contributed by atoms with van der Waals surface area (Å²) >= 11 is 0. The summed E-state index contributed by atoms with van der Waals surface area (Å²) in [5, 5.41) is 0. The van der Waals surface area contributed by atoms with E-state index in [9.17, 15) is 9.59 Å². The Morgan fingerprint density at radius 2 is 1.88 bits per heavy atom. The Hall–Kier alpha value is -2.18. The first kappa shape index (κ1) is 20.1. The van der Waals surface area contributed by atoms with E-state index in [1.54, 1.807) is 11.9 Å². The van der Waals surface area contributed by atoms with Crippen LogP contribution in [-0.2, 0) is 16.1 Å². The second kappa shape index (κ2) is 8.01. The maximum Gasteiger partial charge on any atom is 0.225 e. The minimum Gasteiger partial charge on any atom is -0.363 e. The van der Waals surface area contributed by atoms with Crippen molar-refractivity contribution in [1.29, 1.82) is 0 Å². The van der Waals surface area contributed by atoms with Crippen molar-refractivity contribution in [1.82, 2.24) is 19.8 Å². The summed E-state index contributed by atoms with van der Waals surface area (Å²) in [6.45, 7) is 8.87. The standard InChI is InChI=1S/C19H31N5O2/c1-12(2)19(26)23(7)11-16-20-15(9-17(21-16)22(5)6)14-8-18(25)24(10-14)13(3)4/h9,12-14H,8,10-11H2,1-7H3/t14-/m1/s1. The lowest BCUT2D eigenvalue weighted by Crippen LogP contribution is -2.32. The highest BCUT2D eigenvalue weighted by atomic mass is 16.2. The van der Waals surface area contributed by atoms with Crippen LogP contribution in [0.25, 0.3) is 0 Å². The summed E-state index contributed by atoms with van der Waals surface area (Å²) in [6, 6.07) is 2.15. The first-order valence-corrected chi connectivity index (χ1v) is 9.19. The first-order chi connectivity index (χ1) is 12.1. The molecule has 0 unspecified atom stereocenters. The van der Waals surface area contributed by atoms with Gasteiger partial charge in [-0.15, -0.1) is 0 Å². The fourth-order valence-corrected chi connectivity index (χ4v) is 3.17. The van der Waals surface area contributed by atoms with Crippen molar-refractivity contribution in [3.63, 3.8) is 0 Å². The highest BCUT2D eigenvalue weighted by Crippen LogP contribution is 2.29. The molecule has 1 aromatic heterocycles. The maximum absolute atomic E-state index is 12.3. The second-order valence-corrected chi connectivity index (χ2v) is 7.85. The lowest BCUT2D eigenvalue weighted by atomic mass is 10.0. The van der Waals surface area contributed by atoms with E-state index >= 15 is 0 Å². The molecule has 1 atom stereocenters. The zero-order chi connectivity index (χ0) is 19.6. The average molecular weight is 361 g/mol. The molecule has 1 aliphatic rings. The van der Waals surface area contributed by atoms with E-state index in [2.05, 4.69) is 4.98 Å². The Balaban J connectivity index is 2.29. The van der Waals surface area contributed by atoms with Gasteiger partial charge in [0.2, 0.25) is 11.8 Å². The molecule has 0 saturated carbocycles. The van der Waals surface area contributed by atoms with Gasteiger partial charge in [-0.25, -0.2) is 9.97 Å². The molecule has 2 heterocycles. The van der Waals surface area contributed by atoms with Crippen LogP contribution in [0.2, 0.25) is 0 Å². The topological polar surface area (TPSA) is 69.6 Å². The monoisotopic (exact) mass is 361 g/mol. The van der Waals surface area contributed by atoms with Crippen LogP contribution in [0.5, 0.6) is 0 Å². The van der Waals surface area contributed by atoms with Gasteiger partial charge >= 0.3 is 0 Å². The van der Waals surface area contributed by atoms with Crippen LogP contribution in [0.15, 0.2) is 6.07 Å². The second-order valence-electron chi connectivity index (χ2n) is 7.85. The average Bonchev–Trinajstić information content (AvgIpc) is 2.95. The molecule has 0 spiro atoms. The SMILES string of the molecule is CC(C)C(=O)N(C)Cc1nc([C@@H]2CC(=O)N(C(C)C)C2)cc(N(C)C)n1. The first-order valence-electron chi connectivity index (χ1n) is 9.19. The number of carbonyl (C=O) groups excluding carboxylic acids is 2. The van der Waals surface area contributed by atoms with Gasteiger partial charge in [-0.2, -0.15) is 0 Å². The summed E-state index contributed by atoms with van der Waals surface area (Å²) in [5.74, 6) is 1.64. The van der Waals surface area contributed by atoms with Crippen molar-refractivity contribution in [3.05, 3.63) is 17.6 Å². The molecule has 0 bridgehead atoms. The third kappa shape index (κ3) is 4.51. The van der Waals surface area contributed by atoms with Gasteiger partial charge in [0.1, 0.15) is 11.6 Å². The van der Waals surface area contributed by atoms with Crippen molar-refractivity contribution in [3.8, 4) is 0 Å². The molecular weight excluding hydrogens is 330 g/mol. The predicted octanol–water partition coefficient (Wildman–Crippen LogP) is 1.88. The fraction of sp³-hybridized carbons (Fsp3) is 0.684. The van der Waals surface area contributed by atoms with Crippen LogP contribution >= 0.6 is 0 Å². The zero-order valence-electron chi connectivity index (χ0n) is 17.0. The molecule has 1 saturated heterocycles. The number of carbonyl (C=O) groups is 2. The molecule has 0 radical (unpaired) electrons. The van der Waals surface area contributed by atoms with Gasteiger partial charge in [0, 0.05) is 58.1 Å². The third-order valence-electron chi connectivity index (χ3n) is 4.69. The molecule has 26 heavy (non-hydrogen) atoms. The van der Waals surface area contributed by atoms with Gasteiger partial charge in [0.25, 0.3) is 0 Å². The Morgan fingerprint density at radius 1 is 1.23 bits per heavy atom. The number of amides is 2. The van der Waals surface area contributed by atoms with E-state index in [1.165, 1.54) is 0 Å². The summed E-state index contributed by atoms with van der Waals surface area (Å²) in [7, 11) is 5.63. The van der Waals surface area contributed by atoms with E-state index in [1.807, 2.05) is 57.7 Å². The molecular formula is C19H31N5O2. The van der Waals surface area contributed by atoms with E-state index < -0.39 is 0 Å². The molecule has 144 valence electrons. The Bertz CT molecular complexity index is 672. The molecule has 0 aromatic carbocycles. The smallest absolute Gasteiger partial charge is 0.225 e. The van der Waals surface area contributed by atoms with Crippen LogP contribution in [-0.4, -0.2) is 65.3 Å². The Labute approximate surface area is 156 Å². The lowest BCUT2D eigenvalue weighted by molar-refractivity contribution is -0.133. The highest BCUT2D eigenvalue weighted by molar-refractivity contribution is 5.80. The fourth-order valence-electron chi connectivity index (χ4n) is 3.17. The van der Waals surface area contributed by atoms with Gasteiger partial charge in [-0.1, -0.05) is 13.8 Å². The van der Waals surface area contributed by atoms with Crippen molar-refractivity contribution in [2.75, 3.05) is 32.6 Å². The van der Waals surface area contributed by atoms with Gasteiger partial charge in [-0.3, -0.25) is 9.59 Å². The van der Waals surface area contributed by atoms with Crippen LogP contribution in [0.3, 0.4) is 0 Å². The molecule has 1 aliphatic heterocycles. The number of hydrogen-bond donors (Lipinski definition) is 0. The number of nitrogens with zero attached hydrogens (tertiary/aromatic N) is 5. The number of likely N-dealkylation sites (tertiary alicyclic amines) is 1. The molecule has 0 N–H and O–H groups in total. The Morgan fingerprint density at radius 3 is 2.38 bits per heavy atom. The lowest BCUT2D eigenvalue weighted by Gasteiger charge is -2.22. The number of hydrogen-bond acceptors (Lipinski definition) is 5. The summed E-state index contributed by atoms with van der Waals surface area (Å²) in [5.41, 5.74) is 0.876. The van der Waals surface area contributed by atoms with E-state index in [0.717, 1.165) is 11.5 Å². The van der Waals surface area contributed by atoms with Gasteiger partial charge in [0.05, 0.1) is 12.2 Å². The largest absolute Gasteiger partial charge is 0.363 e. The molecule has 2 rings (SSSR count). The van der Waals surface area contributed by atoms with Crippen molar-refractivity contribution in [2.45, 2.75) is 52.6 Å². The number of aromatic nitrogens is 2. The van der Waals surface area contributed by atoms with Gasteiger partial charge in [-0.05, 0) is 13.8 Å². The van der Waals surface area contributed by atoms with Crippen molar-refractivity contribution in [2.24, 2.45) is 5.92 Å². The summed E-state index contributed by atoms with van der Waals surface area (Å²) in [6.07, 6.45) is 0.474. The molecule has 7 nitrogen and oxygen atoms in total. The van der Waals surface area contributed by atoms with Crippen molar-refractivity contribution < 1.29 is 9.59 Å². The van der Waals surface area contributed by atoms with E-state index in [-0.39, 0.29) is 29.7 Å². The summed E-state index contributed by atoms with van der Waals surface area (Å²) < 4.78 is 0. The van der Waals surface area contributed by atoms with Crippen LogP contribution < -0.4 is 4.90 Å². The molecule has 1 fully saturated rings. The Kier molecular flexibility index (Phi) is 6.21. The zero-order valence-corrected chi connectivity index (χ0v) is 17.0. The molecule has 2 amide bonds. The van der Waals surface area contributed by atoms with Crippen LogP contribution in [0.1, 0.15) is 51.6 Å².